The molecule has 0 atom stereocenters. The van der Waals surface area contributed by atoms with Gasteiger partial charge in [-0.05, 0) is 123 Å². The van der Waals surface area contributed by atoms with E-state index in [0.29, 0.717) is 24.7 Å². The van der Waals surface area contributed by atoms with Crippen LogP contribution in [0, 0.1) is 5.92 Å². The maximum atomic E-state index is 12.8. The summed E-state index contributed by atoms with van der Waals surface area (Å²) in [5, 5.41) is 2.42. The summed E-state index contributed by atoms with van der Waals surface area (Å²) < 4.78 is 0. The van der Waals surface area contributed by atoms with Crippen LogP contribution in [-0.2, 0) is 6.42 Å². The Morgan fingerprint density at radius 3 is 2.06 bits per heavy atom. The lowest BCUT2D eigenvalue weighted by molar-refractivity contribution is 0.0974. The smallest absolute Gasteiger partial charge is 0.163 e. The number of ketones is 2. The highest BCUT2D eigenvalue weighted by atomic mass is 16.1. The van der Waals surface area contributed by atoms with Gasteiger partial charge in [-0.25, -0.2) is 0 Å². The van der Waals surface area contributed by atoms with E-state index in [2.05, 4.69) is 103 Å². The molecule has 54 heavy (non-hydrogen) atoms. The van der Waals surface area contributed by atoms with Crippen LogP contribution in [0.5, 0.6) is 0 Å². The van der Waals surface area contributed by atoms with Crippen molar-refractivity contribution in [2.24, 2.45) is 5.92 Å². The predicted octanol–water partition coefficient (Wildman–Crippen LogP) is 11.2. The van der Waals surface area contributed by atoms with Crippen LogP contribution in [0.1, 0.15) is 129 Å². The number of piperidine rings is 1. The van der Waals surface area contributed by atoms with E-state index in [9.17, 15) is 9.59 Å². The summed E-state index contributed by atoms with van der Waals surface area (Å²) in [4.78, 5) is 37.0. The molecule has 0 amide bonds. The zero-order valence-corrected chi connectivity index (χ0v) is 33.4. The predicted molar refractivity (Wildman–Crippen MR) is 227 cm³/mol. The minimum atomic E-state index is 0.212. The number of H-pyrrole nitrogens is 2. The summed E-state index contributed by atoms with van der Waals surface area (Å²) in [7, 11) is 0. The highest BCUT2D eigenvalue weighted by Gasteiger charge is 2.26. The topological polar surface area (TPSA) is 72.2 Å². The van der Waals surface area contributed by atoms with Gasteiger partial charge in [-0.1, -0.05) is 71.0 Å². The van der Waals surface area contributed by atoms with E-state index >= 15 is 0 Å². The molecule has 2 aromatic heterocycles. The van der Waals surface area contributed by atoms with Gasteiger partial charge >= 0.3 is 0 Å². The van der Waals surface area contributed by atoms with E-state index in [1.165, 1.54) is 71.8 Å². The lowest BCUT2D eigenvalue weighted by atomic mass is 9.87. The maximum absolute atomic E-state index is 12.8. The van der Waals surface area contributed by atoms with E-state index in [0.717, 1.165) is 67.1 Å². The zero-order chi connectivity index (χ0) is 38.0. The number of fused-ring (bicyclic) bond motifs is 2. The van der Waals surface area contributed by atoms with Gasteiger partial charge in [-0.2, -0.15) is 0 Å². The molecule has 286 valence electrons. The first-order valence-electron chi connectivity index (χ1n) is 20.8. The fourth-order valence-corrected chi connectivity index (χ4v) is 8.65. The number of aromatic amines is 2. The van der Waals surface area contributed by atoms with Gasteiger partial charge in [0.25, 0.3) is 0 Å². The monoisotopic (exact) mass is 726 g/mol. The van der Waals surface area contributed by atoms with Gasteiger partial charge in [-0.15, -0.1) is 0 Å². The Kier molecular flexibility index (Phi) is 13.8. The number of hydrogen-bond donors (Lipinski definition) is 2. The molecule has 0 spiro atoms. The normalized spacial score (nSPS) is 15.9. The second-order valence-electron chi connectivity index (χ2n) is 16.0. The second-order valence-corrected chi connectivity index (χ2v) is 16.0. The average Bonchev–Trinajstić information content (AvgIpc) is 3.83. The van der Waals surface area contributed by atoms with Gasteiger partial charge < -0.3 is 14.9 Å². The summed E-state index contributed by atoms with van der Waals surface area (Å²) in [5.41, 5.74) is 9.20. The average molecular weight is 727 g/mol. The van der Waals surface area contributed by atoms with Crippen LogP contribution in [-0.4, -0.2) is 70.1 Å². The van der Waals surface area contributed by atoms with Crippen LogP contribution in [0.15, 0.2) is 85.2 Å². The highest BCUT2D eigenvalue weighted by Crippen LogP contribution is 2.35. The van der Waals surface area contributed by atoms with Crippen molar-refractivity contribution >= 4 is 38.9 Å². The van der Waals surface area contributed by atoms with E-state index in [4.69, 9.17) is 0 Å². The summed E-state index contributed by atoms with van der Waals surface area (Å²) in [5.74, 6) is 1.78. The largest absolute Gasteiger partial charge is 0.361 e. The summed E-state index contributed by atoms with van der Waals surface area (Å²) >= 11 is 0. The van der Waals surface area contributed by atoms with Crippen LogP contribution < -0.4 is 0 Å². The molecule has 0 aliphatic carbocycles. The molecule has 2 aliphatic rings. The van der Waals surface area contributed by atoms with Crippen molar-refractivity contribution in [2.45, 2.75) is 104 Å². The van der Waals surface area contributed by atoms with E-state index in [1.54, 1.807) is 0 Å². The SMILES string of the molecule is CC(C)CN1CC=C(c2c[nH]c3ccc(C(=O)CCc4ccccc4)cc23)CC1.CCCC(=O)c1ccc2[nH]cc(C3CCN(C(CC)CC)CC3)c2c1. The summed E-state index contributed by atoms with van der Waals surface area (Å²) in [6.45, 7) is 16.9. The first kappa shape index (κ1) is 39.4. The van der Waals surface area contributed by atoms with Gasteiger partial charge in [0.1, 0.15) is 0 Å². The number of likely N-dealkylation sites (tertiary alicyclic amines) is 1. The van der Waals surface area contributed by atoms with Crippen LogP contribution in [0.3, 0.4) is 0 Å². The van der Waals surface area contributed by atoms with Gasteiger partial charge in [0, 0.05) is 89.4 Å². The van der Waals surface area contributed by atoms with Gasteiger partial charge in [0.2, 0.25) is 0 Å². The van der Waals surface area contributed by atoms with Crippen molar-refractivity contribution < 1.29 is 9.59 Å². The number of aryl methyl sites for hydroxylation is 1. The minimum absolute atomic E-state index is 0.212. The molecule has 7 rings (SSSR count). The Hall–Kier alpha value is -4.26. The van der Waals surface area contributed by atoms with E-state index in [1.807, 2.05) is 36.4 Å². The van der Waals surface area contributed by atoms with Crippen LogP contribution >= 0.6 is 0 Å². The third-order valence-electron chi connectivity index (χ3n) is 11.7. The molecule has 1 saturated heterocycles. The maximum Gasteiger partial charge on any atom is 0.163 e. The zero-order valence-electron chi connectivity index (χ0n) is 33.4. The Labute approximate surface area is 323 Å². The Balaban J connectivity index is 0.000000186. The summed E-state index contributed by atoms with van der Waals surface area (Å²) in [6.07, 6.45) is 15.5. The fourth-order valence-electron chi connectivity index (χ4n) is 8.65. The molecule has 0 radical (unpaired) electrons. The minimum Gasteiger partial charge on any atom is -0.361 e. The van der Waals surface area contributed by atoms with E-state index < -0.39 is 0 Å². The fraction of sp³-hybridized carbons (Fsp3) is 0.458. The number of aromatic nitrogens is 2. The number of hydrogen-bond acceptors (Lipinski definition) is 4. The van der Waals surface area contributed by atoms with Gasteiger partial charge in [0.15, 0.2) is 11.6 Å². The first-order valence-corrected chi connectivity index (χ1v) is 20.8. The van der Waals surface area contributed by atoms with Crippen molar-refractivity contribution in [3.63, 3.8) is 0 Å². The standard InChI is InChI=1S/C26H30N2O.C22H32N2O/c1-19(2)18-28-14-12-21(13-15-28)24-17-27-25-10-9-22(16-23(24)25)26(29)11-8-20-6-4-3-5-7-20;1-4-7-22(25)17-8-9-21-19(14-17)20(15-23-21)16-10-12-24(13-11-16)18(5-2)6-3/h3-7,9-10,12,16-17,19,27H,8,11,13-15,18H2,1-2H3;8-9,14-16,18,23H,4-7,10-13H2,1-3H3. The number of nitrogens with zero attached hydrogens (tertiary/aromatic N) is 2. The molecule has 0 bridgehead atoms. The van der Waals surface area contributed by atoms with Crippen molar-refractivity contribution in [1.29, 1.82) is 0 Å². The third-order valence-corrected chi connectivity index (χ3v) is 11.7. The molecular weight excluding hydrogens is 665 g/mol. The van der Waals surface area contributed by atoms with Gasteiger partial charge in [-0.3, -0.25) is 14.5 Å². The van der Waals surface area contributed by atoms with Crippen molar-refractivity contribution in [3.8, 4) is 0 Å². The van der Waals surface area contributed by atoms with Gasteiger partial charge in [0.05, 0.1) is 0 Å². The number of benzene rings is 3. The molecular formula is C48H62N4O2. The molecule has 6 heteroatoms. The lowest BCUT2D eigenvalue weighted by Gasteiger charge is -2.37. The molecule has 4 heterocycles. The number of nitrogens with one attached hydrogen (secondary N) is 2. The first-order chi connectivity index (χ1) is 26.3. The van der Waals surface area contributed by atoms with Crippen LogP contribution in [0.2, 0.25) is 0 Å². The number of Topliss-reactive ketones (excluding diaryl/α,β-unsaturated/α-hetero) is 2. The number of rotatable bonds is 14. The van der Waals surface area contributed by atoms with E-state index in [-0.39, 0.29) is 11.6 Å². The molecule has 2 N–H and O–H groups in total. The Morgan fingerprint density at radius 2 is 1.43 bits per heavy atom. The lowest BCUT2D eigenvalue weighted by Crippen LogP contribution is -2.40. The Morgan fingerprint density at radius 1 is 0.778 bits per heavy atom. The molecule has 0 unspecified atom stereocenters. The second kappa shape index (κ2) is 18.9. The molecule has 3 aromatic carbocycles. The highest BCUT2D eigenvalue weighted by molar-refractivity contribution is 6.02. The molecule has 2 aliphatic heterocycles. The van der Waals surface area contributed by atoms with Crippen molar-refractivity contribution in [2.75, 3.05) is 32.7 Å². The van der Waals surface area contributed by atoms with Crippen molar-refractivity contribution in [1.82, 2.24) is 19.8 Å². The quantitative estimate of drug-likeness (QED) is 0.112. The summed E-state index contributed by atoms with van der Waals surface area (Å²) in [6, 6.07) is 23.2. The molecule has 0 saturated carbocycles. The van der Waals surface area contributed by atoms with Crippen LogP contribution in [0.25, 0.3) is 27.4 Å². The molecule has 5 aromatic rings. The molecule has 1 fully saturated rings. The number of carbonyl (C=O) groups is 2. The number of carbonyl (C=O) groups excluding carboxylic acids is 2. The van der Waals surface area contributed by atoms with Crippen LogP contribution in [0.4, 0.5) is 0 Å². The van der Waals surface area contributed by atoms with Crippen molar-refractivity contribution in [3.05, 3.63) is 113 Å². The molecule has 6 nitrogen and oxygen atoms in total. The Bertz CT molecular complexity index is 2010. The third kappa shape index (κ3) is 9.69.